The molecule has 2 nitrogen and oxygen atoms in total. The summed E-state index contributed by atoms with van der Waals surface area (Å²) in [5.41, 5.74) is 2.83. The van der Waals surface area contributed by atoms with Crippen molar-refractivity contribution in [2.45, 2.75) is 25.8 Å². The maximum Gasteiger partial charge on any atom is 0.0198 e. The third-order valence-corrected chi connectivity index (χ3v) is 3.32. The predicted molar refractivity (Wildman–Crippen MR) is 68.8 cm³/mol. The lowest BCUT2D eigenvalue weighted by Crippen LogP contribution is -2.49. The standard InChI is InChI=1S/C14H22N2/c1-12-4-3-5-13(10-12)6-7-14-11-16(2)9-8-15-14/h3-5,10,14-15H,6-9,11H2,1-2H3. The van der Waals surface area contributed by atoms with Crippen LogP contribution in [0.25, 0.3) is 0 Å². The molecule has 1 fully saturated rings. The van der Waals surface area contributed by atoms with Crippen LogP contribution in [-0.4, -0.2) is 37.6 Å². The molecule has 1 aromatic carbocycles. The fourth-order valence-corrected chi connectivity index (χ4v) is 2.39. The molecule has 0 radical (unpaired) electrons. The Morgan fingerprint density at radius 3 is 3.06 bits per heavy atom. The number of piperazine rings is 1. The Labute approximate surface area is 98.7 Å². The highest BCUT2D eigenvalue weighted by Gasteiger charge is 2.15. The monoisotopic (exact) mass is 218 g/mol. The summed E-state index contributed by atoms with van der Waals surface area (Å²) in [5.74, 6) is 0. The number of hydrogen-bond donors (Lipinski definition) is 1. The summed E-state index contributed by atoms with van der Waals surface area (Å²) in [6.07, 6.45) is 2.43. The van der Waals surface area contributed by atoms with E-state index in [1.54, 1.807) is 0 Å². The topological polar surface area (TPSA) is 15.3 Å². The van der Waals surface area contributed by atoms with Gasteiger partial charge in [0.25, 0.3) is 0 Å². The quantitative estimate of drug-likeness (QED) is 0.832. The van der Waals surface area contributed by atoms with Gasteiger partial charge in [0.05, 0.1) is 0 Å². The molecule has 1 unspecified atom stereocenters. The van der Waals surface area contributed by atoms with Crippen molar-refractivity contribution < 1.29 is 0 Å². The van der Waals surface area contributed by atoms with Crippen LogP contribution in [-0.2, 0) is 6.42 Å². The van der Waals surface area contributed by atoms with Crippen molar-refractivity contribution in [3.05, 3.63) is 35.4 Å². The maximum absolute atomic E-state index is 3.59. The molecular formula is C14H22N2. The van der Waals surface area contributed by atoms with Crippen molar-refractivity contribution >= 4 is 0 Å². The zero-order valence-corrected chi connectivity index (χ0v) is 10.4. The van der Waals surface area contributed by atoms with Crippen LogP contribution in [0.1, 0.15) is 17.5 Å². The van der Waals surface area contributed by atoms with Crippen molar-refractivity contribution in [1.29, 1.82) is 0 Å². The molecular weight excluding hydrogens is 196 g/mol. The molecule has 1 aliphatic rings. The summed E-state index contributed by atoms with van der Waals surface area (Å²) >= 11 is 0. The van der Waals surface area contributed by atoms with Crippen molar-refractivity contribution in [3.8, 4) is 0 Å². The Morgan fingerprint density at radius 1 is 1.44 bits per heavy atom. The Kier molecular flexibility index (Phi) is 3.97. The molecule has 16 heavy (non-hydrogen) atoms. The van der Waals surface area contributed by atoms with E-state index in [1.165, 1.54) is 37.1 Å². The van der Waals surface area contributed by atoms with Gasteiger partial charge in [0.2, 0.25) is 0 Å². The molecule has 2 heteroatoms. The van der Waals surface area contributed by atoms with Crippen LogP contribution >= 0.6 is 0 Å². The average molecular weight is 218 g/mol. The van der Waals surface area contributed by atoms with Gasteiger partial charge in [0.15, 0.2) is 0 Å². The van der Waals surface area contributed by atoms with Gasteiger partial charge < -0.3 is 10.2 Å². The van der Waals surface area contributed by atoms with Crippen molar-refractivity contribution in [3.63, 3.8) is 0 Å². The summed E-state index contributed by atoms with van der Waals surface area (Å²) in [4.78, 5) is 2.41. The van der Waals surface area contributed by atoms with E-state index in [0.29, 0.717) is 6.04 Å². The third-order valence-electron chi connectivity index (χ3n) is 3.32. The van der Waals surface area contributed by atoms with E-state index in [-0.39, 0.29) is 0 Å². The second kappa shape index (κ2) is 5.46. The Balaban J connectivity index is 1.82. The van der Waals surface area contributed by atoms with Gasteiger partial charge in [-0.1, -0.05) is 29.8 Å². The minimum Gasteiger partial charge on any atom is -0.311 e. The first kappa shape index (κ1) is 11.6. The second-order valence-corrected chi connectivity index (χ2v) is 4.94. The molecule has 0 saturated carbocycles. The third kappa shape index (κ3) is 3.32. The molecule has 1 aliphatic heterocycles. The van der Waals surface area contributed by atoms with Gasteiger partial charge in [0.1, 0.15) is 0 Å². The zero-order valence-electron chi connectivity index (χ0n) is 10.4. The van der Waals surface area contributed by atoms with E-state index in [9.17, 15) is 0 Å². The molecule has 0 amide bonds. The molecule has 2 rings (SSSR count). The zero-order chi connectivity index (χ0) is 11.4. The summed E-state index contributed by atoms with van der Waals surface area (Å²) in [7, 11) is 2.21. The minimum absolute atomic E-state index is 0.666. The normalized spacial score (nSPS) is 22.2. The lowest BCUT2D eigenvalue weighted by atomic mass is 10.0. The van der Waals surface area contributed by atoms with Crippen LogP contribution in [0.3, 0.4) is 0 Å². The Bertz CT molecular complexity index is 335. The molecule has 1 atom stereocenters. The summed E-state index contributed by atoms with van der Waals surface area (Å²) in [6, 6.07) is 9.52. The molecule has 1 saturated heterocycles. The van der Waals surface area contributed by atoms with E-state index in [4.69, 9.17) is 0 Å². The lowest BCUT2D eigenvalue weighted by molar-refractivity contribution is 0.232. The molecule has 0 aromatic heterocycles. The van der Waals surface area contributed by atoms with E-state index >= 15 is 0 Å². The number of nitrogens with zero attached hydrogens (tertiary/aromatic N) is 1. The van der Waals surface area contributed by atoms with Gasteiger partial charge in [-0.3, -0.25) is 0 Å². The predicted octanol–water partition coefficient (Wildman–Crippen LogP) is 1.83. The number of aryl methyl sites for hydroxylation is 2. The van der Waals surface area contributed by atoms with Crippen LogP contribution in [0.2, 0.25) is 0 Å². The Hall–Kier alpha value is -0.860. The first-order chi connectivity index (χ1) is 7.74. The van der Waals surface area contributed by atoms with Gasteiger partial charge in [-0.15, -0.1) is 0 Å². The first-order valence-corrected chi connectivity index (χ1v) is 6.21. The summed E-state index contributed by atoms with van der Waals surface area (Å²) in [5, 5.41) is 3.59. The largest absolute Gasteiger partial charge is 0.311 e. The van der Waals surface area contributed by atoms with E-state index in [1.807, 2.05) is 0 Å². The Morgan fingerprint density at radius 2 is 2.31 bits per heavy atom. The molecule has 1 heterocycles. The maximum atomic E-state index is 3.59. The SMILES string of the molecule is Cc1cccc(CCC2CN(C)CCN2)c1. The summed E-state index contributed by atoms with van der Waals surface area (Å²) in [6.45, 7) is 5.66. The van der Waals surface area contributed by atoms with E-state index in [0.717, 1.165) is 6.54 Å². The van der Waals surface area contributed by atoms with Gasteiger partial charge >= 0.3 is 0 Å². The fraction of sp³-hybridized carbons (Fsp3) is 0.571. The smallest absolute Gasteiger partial charge is 0.0198 e. The fourth-order valence-electron chi connectivity index (χ4n) is 2.39. The van der Waals surface area contributed by atoms with Crippen molar-refractivity contribution in [2.75, 3.05) is 26.7 Å². The van der Waals surface area contributed by atoms with Crippen molar-refractivity contribution in [1.82, 2.24) is 10.2 Å². The molecule has 0 bridgehead atoms. The van der Waals surface area contributed by atoms with Gasteiger partial charge in [-0.05, 0) is 32.4 Å². The number of likely N-dealkylation sites (N-methyl/N-ethyl adjacent to an activating group) is 1. The number of hydrogen-bond acceptors (Lipinski definition) is 2. The van der Waals surface area contributed by atoms with Crippen LogP contribution in [0.5, 0.6) is 0 Å². The molecule has 0 spiro atoms. The number of nitrogens with one attached hydrogen (secondary N) is 1. The highest BCUT2D eigenvalue weighted by molar-refractivity contribution is 5.22. The average Bonchev–Trinajstić information content (AvgIpc) is 2.27. The molecule has 1 N–H and O–H groups in total. The van der Waals surface area contributed by atoms with E-state index in [2.05, 4.69) is 48.5 Å². The minimum atomic E-state index is 0.666. The van der Waals surface area contributed by atoms with Crippen molar-refractivity contribution in [2.24, 2.45) is 0 Å². The van der Waals surface area contributed by atoms with Gasteiger partial charge in [-0.25, -0.2) is 0 Å². The number of benzene rings is 1. The van der Waals surface area contributed by atoms with Gasteiger partial charge in [-0.2, -0.15) is 0 Å². The number of rotatable bonds is 3. The van der Waals surface area contributed by atoms with Crippen LogP contribution in [0, 0.1) is 6.92 Å². The lowest BCUT2D eigenvalue weighted by Gasteiger charge is -2.30. The molecule has 88 valence electrons. The highest BCUT2D eigenvalue weighted by Crippen LogP contribution is 2.09. The summed E-state index contributed by atoms with van der Waals surface area (Å²) < 4.78 is 0. The molecule has 0 aliphatic carbocycles. The van der Waals surface area contributed by atoms with Crippen LogP contribution < -0.4 is 5.32 Å². The highest BCUT2D eigenvalue weighted by atomic mass is 15.2. The van der Waals surface area contributed by atoms with Gasteiger partial charge in [0, 0.05) is 25.7 Å². The van der Waals surface area contributed by atoms with Crippen LogP contribution in [0.15, 0.2) is 24.3 Å². The second-order valence-electron chi connectivity index (χ2n) is 4.94. The first-order valence-electron chi connectivity index (χ1n) is 6.21. The van der Waals surface area contributed by atoms with Crippen LogP contribution in [0.4, 0.5) is 0 Å². The molecule has 1 aromatic rings. The van der Waals surface area contributed by atoms with E-state index < -0.39 is 0 Å².